The zero-order valence-electron chi connectivity index (χ0n) is 14.4. The van der Waals surface area contributed by atoms with Crippen LogP contribution in [0.5, 0.6) is 0 Å². The lowest BCUT2D eigenvalue weighted by molar-refractivity contribution is 0.0763. The van der Waals surface area contributed by atoms with Crippen molar-refractivity contribution >= 4 is 23.6 Å². The Balaban J connectivity index is 2.04. The number of ether oxygens (including phenoxy) is 2. The van der Waals surface area contributed by atoms with Gasteiger partial charge in [0.15, 0.2) is 11.6 Å². The predicted molar refractivity (Wildman–Crippen MR) is 98.9 cm³/mol. The van der Waals surface area contributed by atoms with Crippen LogP contribution >= 0.6 is 11.6 Å². The number of nitrogens with one attached hydrogen (secondary N) is 1. The molecule has 0 radical (unpaired) electrons. The number of rotatable bonds is 4. The summed E-state index contributed by atoms with van der Waals surface area (Å²) < 4.78 is 10.3. The zero-order chi connectivity index (χ0) is 18.5. The Labute approximate surface area is 156 Å². The molecule has 6 nitrogen and oxygen atoms in total. The van der Waals surface area contributed by atoms with Crippen molar-refractivity contribution in [2.24, 2.45) is 4.99 Å². The van der Waals surface area contributed by atoms with Crippen molar-refractivity contribution in [2.75, 3.05) is 6.61 Å². The quantitative estimate of drug-likeness (QED) is 0.814. The van der Waals surface area contributed by atoms with Gasteiger partial charge in [-0.15, -0.1) is 0 Å². The van der Waals surface area contributed by atoms with Gasteiger partial charge in [0.2, 0.25) is 0 Å². The van der Waals surface area contributed by atoms with E-state index in [1.165, 1.54) is 0 Å². The summed E-state index contributed by atoms with van der Waals surface area (Å²) in [4.78, 5) is 20.9. The fourth-order valence-corrected chi connectivity index (χ4v) is 2.81. The maximum absolute atomic E-state index is 11.9. The predicted octanol–water partition coefficient (Wildman–Crippen LogP) is 4.23. The number of hydrogen-bond donors (Lipinski definition) is 1. The van der Waals surface area contributed by atoms with Crippen molar-refractivity contribution < 1.29 is 14.3 Å². The van der Waals surface area contributed by atoms with Crippen molar-refractivity contribution in [1.82, 2.24) is 10.3 Å². The van der Waals surface area contributed by atoms with Crippen LogP contribution in [0.15, 0.2) is 65.1 Å². The molecule has 1 aliphatic heterocycles. The minimum absolute atomic E-state index is 0.220. The minimum atomic E-state index is -0.780. The molecule has 0 spiro atoms. The van der Waals surface area contributed by atoms with Gasteiger partial charge >= 0.3 is 6.16 Å². The first kappa shape index (κ1) is 17.9. The molecule has 1 aliphatic rings. The van der Waals surface area contributed by atoms with Gasteiger partial charge in [-0.3, -0.25) is 4.98 Å². The third kappa shape index (κ3) is 3.86. The molecule has 2 aromatic rings. The molecule has 0 saturated heterocycles. The normalized spacial score (nSPS) is 16.6. The highest BCUT2D eigenvalue weighted by Gasteiger charge is 2.30. The summed E-state index contributed by atoms with van der Waals surface area (Å²) in [6.45, 7) is 3.73. The fourth-order valence-electron chi connectivity index (χ4n) is 2.57. The maximum Gasteiger partial charge on any atom is 0.513 e. The highest BCUT2D eigenvalue weighted by atomic mass is 35.5. The maximum atomic E-state index is 11.9. The largest absolute Gasteiger partial charge is 0.513 e. The van der Waals surface area contributed by atoms with Crippen LogP contribution in [0.2, 0.25) is 5.02 Å². The second kappa shape index (κ2) is 8.01. The minimum Gasteiger partial charge on any atom is -0.434 e. The summed E-state index contributed by atoms with van der Waals surface area (Å²) in [5.41, 5.74) is 2.04. The van der Waals surface area contributed by atoms with Crippen molar-refractivity contribution in [3.05, 3.63) is 76.4 Å². The Kier molecular flexibility index (Phi) is 5.53. The van der Waals surface area contributed by atoms with E-state index in [1.54, 1.807) is 26.1 Å². The van der Waals surface area contributed by atoms with Crippen molar-refractivity contribution in [2.45, 2.75) is 19.9 Å². The Hall–Kier alpha value is -2.86. The number of aliphatic imine (C=N–C) groups is 1. The molecule has 7 heteroatoms. The first-order valence-corrected chi connectivity index (χ1v) is 8.54. The molecule has 2 heterocycles. The number of carbonyl (C=O) groups is 1. The lowest BCUT2D eigenvalue weighted by Crippen LogP contribution is -2.32. The molecule has 0 amide bonds. The lowest BCUT2D eigenvalue weighted by Gasteiger charge is -2.26. The van der Waals surface area contributed by atoms with Crippen LogP contribution in [0.25, 0.3) is 0 Å². The molecule has 0 aliphatic carbocycles. The number of nitrogens with zero attached hydrogens (tertiary/aromatic N) is 2. The highest BCUT2D eigenvalue weighted by Crippen LogP contribution is 2.35. The number of aromatic nitrogens is 1. The Morgan fingerprint density at radius 1 is 1.23 bits per heavy atom. The molecule has 1 unspecified atom stereocenters. The Bertz CT molecular complexity index is 865. The van der Waals surface area contributed by atoms with Crippen molar-refractivity contribution in [3.63, 3.8) is 0 Å². The van der Waals surface area contributed by atoms with Crippen molar-refractivity contribution in [3.8, 4) is 0 Å². The molecular weight excluding hydrogens is 354 g/mol. The smallest absolute Gasteiger partial charge is 0.434 e. The molecule has 1 aromatic heterocycles. The Morgan fingerprint density at radius 3 is 2.69 bits per heavy atom. The lowest BCUT2D eigenvalue weighted by atomic mass is 10.0. The van der Waals surface area contributed by atoms with E-state index < -0.39 is 12.2 Å². The van der Waals surface area contributed by atoms with Crippen LogP contribution in [0, 0.1) is 0 Å². The average Bonchev–Trinajstić information content (AvgIpc) is 2.65. The molecule has 0 saturated carbocycles. The molecule has 1 aromatic carbocycles. The summed E-state index contributed by atoms with van der Waals surface area (Å²) in [5, 5.41) is 3.67. The molecule has 1 atom stereocenters. The van der Waals surface area contributed by atoms with E-state index in [4.69, 9.17) is 26.1 Å². The molecule has 0 bridgehead atoms. The molecule has 0 fully saturated rings. The van der Waals surface area contributed by atoms with Gasteiger partial charge in [-0.2, -0.15) is 0 Å². The first-order chi connectivity index (χ1) is 12.6. The van der Waals surface area contributed by atoms with Crippen LogP contribution in [0.4, 0.5) is 4.79 Å². The van der Waals surface area contributed by atoms with Gasteiger partial charge in [0.25, 0.3) is 0 Å². The number of hydrogen-bond acceptors (Lipinski definition) is 6. The van der Waals surface area contributed by atoms with Crippen LogP contribution in [-0.2, 0) is 9.47 Å². The van der Waals surface area contributed by atoms with Gasteiger partial charge in [0.1, 0.15) is 11.7 Å². The van der Waals surface area contributed by atoms with Crippen LogP contribution in [-0.4, -0.2) is 23.6 Å². The second-order valence-corrected chi connectivity index (χ2v) is 5.92. The number of pyridine rings is 1. The van der Waals surface area contributed by atoms with Gasteiger partial charge in [-0.05, 0) is 32.0 Å². The van der Waals surface area contributed by atoms with Crippen LogP contribution in [0.3, 0.4) is 0 Å². The number of carbonyl (C=O) groups excluding carboxylic acids is 1. The van der Waals surface area contributed by atoms with Crippen molar-refractivity contribution in [1.29, 1.82) is 0 Å². The molecule has 26 heavy (non-hydrogen) atoms. The summed E-state index contributed by atoms with van der Waals surface area (Å²) in [7, 11) is 0. The third-order valence-corrected chi connectivity index (χ3v) is 4.09. The third-order valence-electron chi connectivity index (χ3n) is 3.74. The number of benzene rings is 1. The van der Waals surface area contributed by atoms with E-state index in [0.29, 0.717) is 28.0 Å². The van der Waals surface area contributed by atoms with Gasteiger partial charge in [-0.1, -0.05) is 35.9 Å². The number of halogens is 1. The van der Waals surface area contributed by atoms with E-state index in [9.17, 15) is 4.79 Å². The fraction of sp³-hybridized carbons (Fsp3) is 0.211. The SMILES string of the molecule is CCOC(=O)OC1=C(C)NC(c2ccccn2)=NC1c1ccccc1Cl. The highest BCUT2D eigenvalue weighted by molar-refractivity contribution is 6.31. The van der Waals surface area contributed by atoms with Gasteiger partial charge in [0, 0.05) is 16.8 Å². The second-order valence-electron chi connectivity index (χ2n) is 5.52. The van der Waals surface area contributed by atoms with Crippen LogP contribution < -0.4 is 5.32 Å². The number of allylic oxidation sites excluding steroid dienone is 1. The number of amidine groups is 1. The summed E-state index contributed by atoms with van der Waals surface area (Å²) in [5.74, 6) is 0.917. The standard InChI is InChI=1S/C19H18ClN3O3/c1-3-25-19(24)26-17-12(2)22-18(15-10-6-7-11-21-15)23-16(17)13-8-4-5-9-14(13)20/h4-11,16H,3H2,1-2H3,(H,22,23). The summed E-state index contributed by atoms with van der Waals surface area (Å²) >= 11 is 6.36. The van der Waals surface area contributed by atoms with Gasteiger partial charge in [-0.25, -0.2) is 9.79 Å². The molecule has 3 rings (SSSR count). The Morgan fingerprint density at radius 2 is 2.00 bits per heavy atom. The summed E-state index contributed by atoms with van der Waals surface area (Å²) in [6.07, 6.45) is 0.908. The van der Waals surface area contributed by atoms with E-state index in [-0.39, 0.29) is 6.61 Å². The monoisotopic (exact) mass is 371 g/mol. The van der Waals surface area contributed by atoms with E-state index >= 15 is 0 Å². The molecule has 134 valence electrons. The van der Waals surface area contributed by atoms with E-state index in [2.05, 4.69) is 10.3 Å². The van der Waals surface area contributed by atoms with Gasteiger partial charge < -0.3 is 14.8 Å². The van der Waals surface area contributed by atoms with E-state index in [0.717, 1.165) is 5.56 Å². The zero-order valence-corrected chi connectivity index (χ0v) is 15.2. The average molecular weight is 372 g/mol. The topological polar surface area (TPSA) is 72.8 Å². The van der Waals surface area contributed by atoms with E-state index in [1.807, 2.05) is 36.4 Å². The molecule has 1 N–H and O–H groups in total. The first-order valence-electron chi connectivity index (χ1n) is 8.16. The summed E-state index contributed by atoms with van der Waals surface area (Å²) in [6, 6.07) is 12.3. The van der Waals surface area contributed by atoms with Crippen LogP contribution in [0.1, 0.15) is 31.1 Å². The van der Waals surface area contributed by atoms with Gasteiger partial charge in [0.05, 0.1) is 12.3 Å². The molecular formula is C19H18ClN3O3.